The number of hydrogen-bond donors (Lipinski definition) is 2. The molecule has 8 atom stereocenters. The van der Waals surface area contributed by atoms with E-state index in [1.54, 1.807) is 0 Å². The summed E-state index contributed by atoms with van der Waals surface area (Å²) in [6.45, 7) is 4.61. The molecule has 4 fully saturated rings. The van der Waals surface area contributed by atoms with E-state index in [4.69, 9.17) is 0 Å². The number of fused-ring (bicyclic) bond motifs is 5. The first kappa shape index (κ1) is 15.1. The van der Waals surface area contributed by atoms with Gasteiger partial charge in [-0.25, -0.2) is 0 Å². The van der Waals surface area contributed by atoms with Crippen molar-refractivity contribution < 1.29 is 15.0 Å². The molecule has 0 unspecified atom stereocenters. The lowest BCUT2D eigenvalue weighted by Crippen LogP contribution is -2.57. The van der Waals surface area contributed by atoms with Crippen LogP contribution in [0.2, 0.25) is 0 Å². The number of Topliss-reactive ketones (excluding diaryl/α,β-unsaturated/α-hetero) is 1. The van der Waals surface area contributed by atoms with Crippen molar-refractivity contribution in [2.75, 3.05) is 0 Å². The van der Waals surface area contributed by atoms with Crippen molar-refractivity contribution in [3.05, 3.63) is 0 Å². The molecule has 124 valence electrons. The molecule has 0 amide bonds. The van der Waals surface area contributed by atoms with Gasteiger partial charge in [0.15, 0.2) is 0 Å². The van der Waals surface area contributed by atoms with Gasteiger partial charge in [-0.05, 0) is 73.5 Å². The summed E-state index contributed by atoms with van der Waals surface area (Å²) in [7, 11) is 0. The molecule has 0 aromatic rings. The van der Waals surface area contributed by atoms with Crippen molar-refractivity contribution in [2.24, 2.45) is 34.5 Å². The van der Waals surface area contributed by atoms with Crippen molar-refractivity contribution in [2.45, 2.75) is 77.4 Å². The summed E-state index contributed by atoms with van der Waals surface area (Å²) in [5.41, 5.74) is 0.195. The van der Waals surface area contributed by atoms with Gasteiger partial charge in [0.05, 0.1) is 12.2 Å². The number of aliphatic hydroxyl groups excluding tert-OH is 2. The molecule has 4 aliphatic rings. The molecular formula is C19H30O3. The lowest BCUT2D eigenvalue weighted by atomic mass is 9.45. The molecule has 0 aromatic heterocycles. The molecule has 4 rings (SSSR count). The van der Waals surface area contributed by atoms with E-state index in [-0.39, 0.29) is 29.0 Å². The van der Waals surface area contributed by atoms with E-state index < -0.39 is 0 Å². The Balaban J connectivity index is 1.69. The zero-order valence-corrected chi connectivity index (χ0v) is 13.9. The van der Waals surface area contributed by atoms with E-state index in [0.717, 1.165) is 44.9 Å². The van der Waals surface area contributed by atoms with E-state index in [0.29, 0.717) is 30.0 Å². The van der Waals surface area contributed by atoms with Crippen LogP contribution < -0.4 is 0 Å². The number of hydrogen-bond acceptors (Lipinski definition) is 3. The van der Waals surface area contributed by atoms with E-state index in [1.807, 2.05) is 0 Å². The molecule has 0 radical (unpaired) electrons. The van der Waals surface area contributed by atoms with Crippen LogP contribution in [-0.2, 0) is 4.79 Å². The molecule has 3 heteroatoms. The van der Waals surface area contributed by atoms with Crippen molar-refractivity contribution in [3.8, 4) is 0 Å². The maximum Gasteiger partial charge on any atom is 0.136 e. The average molecular weight is 306 g/mol. The summed E-state index contributed by atoms with van der Waals surface area (Å²) in [6.07, 6.45) is 7.07. The first-order chi connectivity index (χ1) is 10.4. The van der Waals surface area contributed by atoms with E-state index in [1.165, 1.54) is 0 Å². The van der Waals surface area contributed by atoms with Crippen LogP contribution in [0, 0.1) is 34.5 Å². The monoisotopic (exact) mass is 306 g/mol. The summed E-state index contributed by atoms with van der Waals surface area (Å²) >= 11 is 0. The highest BCUT2D eigenvalue weighted by molar-refractivity contribution is 5.83. The van der Waals surface area contributed by atoms with Crippen LogP contribution in [0.4, 0.5) is 0 Å². The third kappa shape index (κ3) is 1.84. The summed E-state index contributed by atoms with van der Waals surface area (Å²) in [6, 6.07) is 0. The molecule has 0 aromatic carbocycles. The Morgan fingerprint density at radius 2 is 1.64 bits per heavy atom. The van der Waals surface area contributed by atoms with Gasteiger partial charge in [0.1, 0.15) is 5.78 Å². The number of ketones is 1. The predicted octanol–water partition coefficient (Wildman–Crippen LogP) is 2.93. The Bertz CT molecular complexity index is 489. The molecule has 0 saturated heterocycles. The zero-order valence-electron chi connectivity index (χ0n) is 13.9. The van der Waals surface area contributed by atoms with Crippen LogP contribution in [0.1, 0.15) is 65.2 Å². The third-order valence-electron chi connectivity index (χ3n) is 8.39. The second-order valence-corrected chi connectivity index (χ2v) is 9.18. The minimum atomic E-state index is -0.218. The number of rotatable bonds is 0. The summed E-state index contributed by atoms with van der Waals surface area (Å²) in [5, 5.41) is 20.5. The highest BCUT2D eigenvalue weighted by atomic mass is 16.3. The maximum absolute atomic E-state index is 13.0. The minimum Gasteiger partial charge on any atom is -0.393 e. The van der Waals surface area contributed by atoms with Crippen LogP contribution in [-0.4, -0.2) is 28.2 Å². The molecule has 4 saturated carbocycles. The van der Waals surface area contributed by atoms with E-state index in [9.17, 15) is 15.0 Å². The Morgan fingerprint density at radius 1 is 0.955 bits per heavy atom. The Morgan fingerprint density at radius 3 is 2.41 bits per heavy atom. The highest BCUT2D eigenvalue weighted by Gasteiger charge is 2.62. The zero-order chi connectivity index (χ0) is 15.7. The second kappa shape index (κ2) is 4.80. The summed E-state index contributed by atoms with van der Waals surface area (Å²) in [5.74, 6) is 1.85. The van der Waals surface area contributed by atoms with Crippen LogP contribution in [0.15, 0.2) is 0 Å². The van der Waals surface area contributed by atoms with Gasteiger partial charge in [-0.1, -0.05) is 13.8 Å². The fourth-order valence-corrected chi connectivity index (χ4v) is 6.88. The van der Waals surface area contributed by atoms with Crippen LogP contribution in [0.3, 0.4) is 0 Å². The van der Waals surface area contributed by atoms with Gasteiger partial charge in [-0.3, -0.25) is 4.79 Å². The van der Waals surface area contributed by atoms with Gasteiger partial charge in [0, 0.05) is 12.3 Å². The SMILES string of the molecule is C[C@]12CC[C@H](O)C[C@H]1CC(=O)[C@@H]1[C@@H]2CC[C@]2(C)[C@H](O)CC[C@@H]12. The van der Waals surface area contributed by atoms with E-state index >= 15 is 0 Å². The Labute approximate surface area is 133 Å². The molecule has 0 spiro atoms. The van der Waals surface area contributed by atoms with Crippen molar-refractivity contribution in [1.82, 2.24) is 0 Å². The predicted molar refractivity (Wildman–Crippen MR) is 84.1 cm³/mol. The molecule has 0 aliphatic heterocycles. The summed E-state index contributed by atoms with van der Waals surface area (Å²) in [4.78, 5) is 13.0. The van der Waals surface area contributed by atoms with Crippen LogP contribution in [0.25, 0.3) is 0 Å². The normalized spacial score (nSPS) is 57.9. The smallest absolute Gasteiger partial charge is 0.136 e. The Kier molecular flexibility index (Phi) is 3.30. The average Bonchev–Trinajstić information content (AvgIpc) is 2.77. The quantitative estimate of drug-likeness (QED) is 0.723. The lowest BCUT2D eigenvalue weighted by Gasteiger charge is -2.59. The first-order valence-electron chi connectivity index (χ1n) is 9.25. The minimum absolute atomic E-state index is 0.0335. The largest absolute Gasteiger partial charge is 0.393 e. The van der Waals surface area contributed by atoms with E-state index in [2.05, 4.69) is 13.8 Å². The van der Waals surface area contributed by atoms with Gasteiger partial charge in [0.2, 0.25) is 0 Å². The maximum atomic E-state index is 13.0. The van der Waals surface area contributed by atoms with Crippen molar-refractivity contribution in [3.63, 3.8) is 0 Å². The number of aliphatic hydroxyl groups is 2. The van der Waals surface area contributed by atoms with Gasteiger partial charge in [0.25, 0.3) is 0 Å². The molecular weight excluding hydrogens is 276 g/mol. The first-order valence-corrected chi connectivity index (χ1v) is 9.25. The molecule has 3 nitrogen and oxygen atoms in total. The number of carbonyl (C=O) groups is 1. The third-order valence-corrected chi connectivity index (χ3v) is 8.39. The van der Waals surface area contributed by atoms with Gasteiger partial charge >= 0.3 is 0 Å². The molecule has 22 heavy (non-hydrogen) atoms. The molecule has 2 N–H and O–H groups in total. The molecule has 0 heterocycles. The molecule has 4 aliphatic carbocycles. The Hall–Kier alpha value is -0.410. The topological polar surface area (TPSA) is 57.5 Å². The molecule has 0 bridgehead atoms. The van der Waals surface area contributed by atoms with Crippen molar-refractivity contribution in [1.29, 1.82) is 0 Å². The van der Waals surface area contributed by atoms with Gasteiger partial charge in [-0.2, -0.15) is 0 Å². The fourth-order valence-electron chi connectivity index (χ4n) is 6.88. The van der Waals surface area contributed by atoms with Crippen LogP contribution >= 0.6 is 0 Å². The van der Waals surface area contributed by atoms with Gasteiger partial charge < -0.3 is 10.2 Å². The summed E-state index contributed by atoms with van der Waals surface area (Å²) < 4.78 is 0. The lowest BCUT2D eigenvalue weighted by molar-refractivity contribution is -0.162. The standard InChI is InChI=1S/C19H30O3/c1-18-7-5-12(20)9-11(18)10-15(21)17-13-3-4-16(22)19(13,2)8-6-14(17)18/h11-14,16-17,20,22H,3-10H2,1-2H3/t11-,12-,13-,14-,16+,17-,18-,19-/m0/s1. The number of carbonyl (C=O) groups excluding carboxylic acids is 1. The van der Waals surface area contributed by atoms with Gasteiger partial charge in [-0.15, -0.1) is 0 Å². The highest BCUT2D eigenvalue weighted by Crippen LogP contribution is 2.65. The fraction of sp³-hybridized carbons (Fsp3) is 0.947. The van der Waals surface area contributed by atoms with Crippen molar-refractivity contribution >= 4 is 5.78 Å². The van der Waals surface area contributed by atoms with Crippen LogP contribution in [0.5, 0.6) is 0 Å². The second-order valence-electron chi connectivity index (χ2n) is 9.18.